The van der Waals surface area contributed by atoms with Gasteiger partial charge in [0.25, 0.3) is 0 Å². The Labute approximate surface area is 127 Å². The zero-order valence-corrected chi connectivity index (χ0v) is 13.1. The average Bonchev–Trinajstić information content (AvgIpc) is 2.51. The van der Waals surface area contributed by atoms with Crippen molar-refractivity contribution in [3.05, 3.63) is 36.4 Å². The van der Waals surface area contributed by atoms with Gasteiger partial charge >= 0.3 is 5.97 Å². The van der Waals surface area contributed by atoms with Crippen molar-refractivity contribution in [2.75, 3.05) is 6.61 Å². The maximum atomic E-state index is 11.8. The Morgan fingerprint density at radius 1 is 1.19 bits per heavy atom. The van der Waals surface area contributed by atoms with Gasteiger partial charge in [-0.2, -0.15) is 4.89 Å². The average molecular weight is 293 g/mol. The first kappa shape index (κ1) is 17.5. The minimum absolute atomic E-state index is 0.318. The van der Waals surface area contributed by atoms with E-state index in [0.29, 0.717) is 18.1 Å². The minimum atomic E-state index is -0.500. The summed E-state index contributed by atoms with van der Waals surface area (Å²) in [6.45, 7) is 8.36. The second-order valence-electron chi connectivity index (χ2n) is 4.87. The van der Waals surface area contributed by atoms with Gasteiger partial charge in [0.1, 0.15) is 12.4 Å². The molecule has 4 nitrogen and oxygen atoms in total. The van der Waals surface area contributed by atoms with Gasteiger partial charge in [0.15, 0.2) is 0 Å². The summed E-state index contributed by atoms with van der Waals surface area (Å²) in [5, 5.41) is 0. The van der Waals surface area contributed by atoms with Gasteiger partial charge in [-0.3, -0.25) is 4.89 Å². The Morgan fingerprint density at radius 2 is 1.90 bits per heavy atom. The van der Waals surface area contributed by atoms with Crippen LogP contribution in [0, 0.1) is 12.5 Å². The van der Waals surface area contributed by atoms with Crippen LogP contribution in [-0.4, -0.2) is 12.6 Å². The molecule has 0 amide bonds. The Morgan fingerprint density at radius 3 is 2.48 bits per heavy atom. The van der Waals surface area contributed by atoms with Crippen molar-refractivity contribution >= 4 is 5.97 Å². The Bertz CT molecular complexity index is 400. The summed E-state index contributed by atoms with van der Waals surface area (Å²) in [7, 11) is 0. The SMILES string of the molecule is CCCCC([CH]OOC(=O)c1ccc(OCC)cc1)CC. The van der Waals surface area contributed by atoms with Crippen molar-refractivity contribution in [2.45, 2.75) is 46.5 Å². The molecule has 0 bridgehead atoms. The summed E-state index contributed by atoms with van der Waals surface area (Å²) in [5.41, 5.74) is 0.438. The van der Waals surface area contributed by atoms with E-state index < -0.39 is 5.97 Å². The van der Waals surface area contributed by atoms with Gasteiger partial charge in [0, 0.05) is 0 Å². The third-order valence-electron chi connectivity index (χ3n) is 3.23. The topological polar surface area (TPSA) is 44.8 Å². The van der Waals surface area contributed by atoms with E-state index in [2.05, 4.69) is 13.8 Å². The molecule has 0 aliphatic rings. The molecule has 0 aliphatic heterocycles. The van der Waals surface area contributed by atoms with Crippen LogP contribution in [0.3, 0.4) is 0 Å². The first-order chi connectivity index (χ1) is 10.2. The first-order valence-electron chi connectivity index (χ1n) is 7.65. The van der Waals surface area contributed by atoms with Gasteiger partial charge in [-0.05, 0) is 43.5 Å². The number of unbranched alkanes of at least 4 members (excludes halogenated alkanes) is 1. The van der Waals surface area contributed by atoms with Gasteiger partial charge in [-0.15, -0.1) is 0 Å². The molecular weight excluding hydrogens is 268 g/mol. The lowest BCUT2D eigenvalue weighted by atomic mass is 10.0. The number of carbonyl (C=O) groups is 1. The lowest BCUT2D eigenvalue weighted by molar-refractivity contribution is -0.219. The van der Waals surface area contributed by atoms with Crippen molar-refractivity contribution in [1.82, 2.24) is 0 Å². The number of hydrogen-bond donors (Lipinski definition) is 0. The van der Waals surface area contributed by atoms with Crippen molar-refractivity contribution in [2.24, 2.45) is 5.92 Å². The van der Waals surface area contributed by atoms with Crippen LogP contribution in [0.4, 0.5) is 0 Å². The minimum Gasteiger partial charge on any atom is -0.494 e. The van der Waals surface area contributed by atoms with E-state index in [0.717, 1.165) is 31.4 Å². The molecule has 1 aromatic rings. The Balaban J connectivity index is 2.35. The molecule has 1 aromatic carbocycles. The second-order valence-corrected chi connectivity index (χ2v) is 4.87. The summed E-state index contributed by atoms with van der Waals surface area (Å²) in [4.78, 5) is 21.6. The number of carbonyl (C=O) groups excluding carboxylic acids is 1. The zero-order valence-electron chi connectivity index (χ0n) is 13.1. The van der Waals surface area contributed by atoms with E-state index in [-0.39, 0.29) is 0 Å². The second kappa shape index (κ2) is 10.2. The third kappa shape index (κ3) is 6.63. The highest BCUT2D eigenvalue weighted by Gasteiger charge is 2.12. The quantitative estimate of drug-likeness (QED) is 0.469. The van der Waals surface area contributed by atoms with Crippen molar-refractivity contribution in [3.8, 4) is 5.75 Å². The van der Waals surface area contributed by atoms with E-state index in [1.165, 1.54) is 0 Å². The molecule has 0 aliphatic carbocycles. The van der Waals surface area contributed by atoms with E-state index in [1.54, 1.807) is 30.9 Å². The Hall–Kier alpha value is -1.55. The summed E-state index contributed by atoms with van der Waals surface area (Å²) in [6.07, 6.45) is 4.32. The maximum Gasteiger partial charge on any atom is 0.373 e. The molecule has 0 fully saturated rings. The fourth-order valence-corrected chi connectivity index (χ4v) is 1.89. The van der Waals surface area contributed by atoms with Gasteiger partial charge in [-0.1, -0.05) is 33.1 Å². The van der Waals surface area contributed by atoms with E-state index in [4.69, 9.17) is 14.5 Å². The monoisotopic (exact) mass is 293 g/mol. The highest BCUT2D eigenvalue weighted by atomic mass is 17.2. The molecule has 0 saturated heterocycles. The van der Waals surface area contributed by atoms with Gasteiger partial charge < -0.3 is 4.74 Å². The van der Waals surface area contributed by atoms with E-state index in [9.17, 15) is 4.79 Å². The molecule has 4 heteroatoms. The predicted molar refractivity (Wildman–Crippen MR) is 81.7 cm³/mol. The zero-order chi connectivity index (χ0) is 15.5. The van der Waals surface area contributed by atoms with Crippen molar-refractivity contribution in [3.63, 3.8) is 0 Å². The first-order valence-corrected chi connectivity index (χ1v) is 7.65. The highest BCUT2D eigenvalue weighted by Crippen LogP contribution is 2.17. The Kier molecular flexibility index (Phi) is 8.51. The molecule has 0 N–H and O–H groups in total. The lowest BCUT2D eigenvalue weighted by Crippen LogP contribution is -2.09. The van der Waals surface area contributed by atoms with Crippen LogP contribution in [0.1, 0.15) is 56.8 Å². The number of ether oxygens (including phenoxy) is 1. The van der Waals surface area contributed by atoms with Crippen LogP contribution in [0.25, 0.3) is 0 Å². The van der Waals surface area contributed by atoms with Crippen LogP contribution in [0.2, 0.25) is 0 Å². The molecule has 21 heavy (non-hydrogen) atoms. The molecule has 0 heterocycles. The fourth-order valence-electron chi connectivity index (χ4n) is 1.89. The molecule has 1 radical (unpaired) electrons. The van der Waals surface area contributed by atoms with Crippen LogP contribution in [0.15, 0.2) is 24.3 Å². The normalized spacial score (nSPS) is 12.0. The van der Waals surface area contributed by atoms with Crippen LogP contribution >= 0.6 is 0 Å². The third-order valence-corrected chi connectivity index (χ3v) is 3.23. The van der Waals surface area contributed by atoms with E-state index in [1.807, 2.05) is 6.92 Å². The number of hydrogen-bond acceptors (Lipinski definition) is 4. The number of rotatable bonds is 10. The summed E-state index contributed by atoms with van der Waals surface area (Å²) >= 11 is 0. The van der Waals surface area contributed by atoms with Crippen LogP contribution in [0.5, 0.6) is 5.75 Å². The van der Waals surface area contributed by atoms with Gasteiger partial charge in [0.05, 0.1) is 12.2 Å². The molecule has 0 spiro atoms. The molecule has 0 saturated carbocycles. The van der Waals surface area contributed by atoms with Crippen LogP contribution < -0.4 is 4.74 Å². The highest BCUT2D eigenvalue weighted by molar-refractivity contribution is 5.89. The number of benzene rings is 1. The van der Waals surface area contributed by atoms with Crippen molar-refractivity contribution in [1.29, 1.82) is 0 Å². The summed E-state index contributed by atoms with van der Waals surface area (Å²) in [5.74, 6) is 0.546. The lowest BCUT2D eigenvalue weighted by Gasteiger charge is -2.12. The van der Waals surface area contributed by atoms with Crippen molar-refractivity contribution < 1.29 is 19.3 Å². The maximum absolute atomic E-state index is 11.8. The van der Waals surface area contributed by atoms with Gasteiger partial charge in [0.2, 0.25) is 0 Å². The van der Waals surface area contributed by atoms with Gasteiger partial charge in [-0.25, -0.2) is 4.79 Å². The standard InChI is InChI=1S/C17H25O4/c1-4-7-8-14(5-2)13-20-21-17(18)15-9-11-16(12-10-15)19-6-3/h9-14H,4-8H2,1-3H3. The molecule has 117 valence electrons. The van der Waals surface area contributed by atoms with E-state index >= 15 is 0 Å². The summed E-state index contributed by atoms with van der Waals surface area (Å²) < 4.78 is 5.32. The summed E-state index contributed by atoms with van der Waals surface area (Å²) in [6, 6.07) is 6.79. The molecule has 0 aromatic heterocycles. The molecule has 1 unspecified atom stereocenters. The fraction of sp³-hybridized carbons (Fsp3) is 0.529. The van der Waals surface area contributed by atoms with Crippen LogP contribution in [-0.2, 0) is 9.78 Å². The predicted octanol–water partition coefficient (Wildman–Crippen LogP) is 4.55. The molecule has 1 atom stereocenters. The molecule has 1 rings (SSSR count). The smallest absolute Gasteiger partial charge is 0.373 e. The molecular formula is C17H25O4. The largest absolute Gasteiger partial charge is 0.494 e.